The molecule has 0 atom stereocenters. The van der Waals surface area contributed by atoms with Crippen molar-refractivity contribution in [3.8, 4) is 5.75 Å². The summed E-state index contributed by atoms with van der Waals surface area (Å²) in [7, 11) is 0. The van der Waals surface area contributed by atoms with Crippen LogP contribution >= 0.6 is 0 Å². The zero-order valence-electron chi connectivity index (χ0n) is 11.2. The largest absolute Gasteiger partial charge is 0.489 e. The van der Waals surface area contributed by atoms with Crippen molar-refractivity contribution < 1.29 is 26.7 Å². The molecule has 0 saturated heterocycles. The van der Waals surface area contributed by atoms with E-state index in [1.165, 1.54) is 30.5 Å². The van der Waals surface area contributed by atoms with Crippen LogP contribution in [0.1, 0.15) is 11.1 Å². The number of hydrogen-bond donors (Lipinski definition) is 0. The Morgan fingerprint density at radius 1 is 1.05 bits per heavy atom. The zero-order valence-corrected chi connectivity index (χ0v) is 11.2. The number of fused-ring (bicyclic) bond motifs is 1. The summed E-state index contributed by atoms with van der Waals surface area (Å²) in [6.45, 7) is 0.0277. The van der Waals surface area contributed by atoms with Crippen LogP contribution in [-0.4, -0.2) is 0 Å². The van der Waals surface area contributed by atoms with Crippen LogP contribution in [0.2, 0.25) is 0 Å². The quantitative estimate of drug-likeness (QED) is 0.623. The lowest BCUT2D eigenvalue weighted by Gasteiger charge is -2.09. The molecule has 0 saturated carbocycles. The van der Waals surface area contributed by atoms with Crippen LogP contribution < -0.4 is 4.74 Å². The molecule has 0 aliphatic rings. The van der Waals surface area contributed by atoms with Crippen LogP contribution in [0.5, 0.6) is 5.75 Å². The van der Waals surface area contributed by atoms with Gasteiger partial charge < -0.3 is 9.15 Å². The second-order valence-electron chi connectivity index (χ2n) is 4.72. The van der Waals surface area contributed by atoms with Crippen molar-refractivity contribution in [2.75, 3.05) is 0 Å². The minimum Gasteiger partial charge on any atom is -0.489 e. The highest BCUT2D eigenvalue weighted by Crippen LogP contribution is 2.31. The smallest absolute Gasteiger partial charge is 0.416 e. The van der Waals surface area contributed by atoms with Gasteiger partial charge in [0.1, 0.15) is 23.8 Å². The van der Waals surface area contributed by atoms with Gasteiger partial charge in [-0.25, -0.2) is 4.39 Å². The Labute approximate surface area is 122 Å². The normalized spacial score (nSPS) is 11.8. The molecular formula is C16H10F4O2. The molecule has 0 bridgehead atoms. The van der Waals surface area contributed by atoms with E-state index in [4.69, 9.17) is 9.15 Å². The van der Waals surface area contributed by atoms with Crippen LogP contribution in [0.3, 0.4) is 0 Å². The third-order valence-electron chi connectivity index (χ3n) is 3.17. The molecule has 6 heteroatoms. The van der Waals surface area contributed by atoms with Crippen LogP contribution in [0.4, 0.5) is 17.6 Å². The summed E-state index contributed by atoms with van der Waals surface area (Å²) < 4.78 is 61.5. The van der Waals surface area contributed by atoms with E-state index in [9.17, 15) is 17.6 Å². The minimum absolute atomic E-state index is 0.0277. The fourth-order valence-electron chi connectivity index (χ4n) is 2.09. The molecule has 2 aromatic carbocycles. The molecule has 0 spiro atoms. The predicted molar refractivity (Wildman–Crippen MR) is 71.9 cm³/mol. The Morgan fingerprint density at radius 2 is 1.86 bits per heavy atom. The van der Waals surface area contributed by atoms with E-state index in [-0.39, 0.29) is 12.4 Å². The Bertz CT molecular complexity index is 805. The topological polar surface area (TPSA) is 22.4 Å². The van der Waals surface area contributed by atoms with Gasteiger partial charge in [0.25, 0.3) is 0 Å². The summed E-state index contributed by atoms with van der Waals surface area (Å²) in [5.74, 6) is -0.321. The minimum atomic E-state index is -4.42. The number of ether oxygens (including phenoxy) is 1. The summed E-state index contributed by atoms with van der Waals surface area (Å²) in [6, 6.07) is 8.69. The Kier molecular flexibility index (Phi) is 3.52. The number of hydrogen-bond acceptors (Lipinski definition) is 2. The predicted octanol–water partition coefficient (Wildman–Crippen LogP) is 5.17. The SMILES string of the molecule is Fc1ccc2c(COc3cccc(C(F)(F)F)c3)coc2c1. The molecule has 0 aliphatic heterocycles. The summed E-state index contributed by atoms with van der Waals surface area (Å²) in [5.41, 5.74) is 0.221. The second-order valence-corrected chi connectivity index (χ2v) is 4.72. The average molecular weight is 310 g/mol. The van der Waals surface area contributed by atoms with Crippen LogP contribution in [0, 0.1) is 5.82 Å². The number of halogens is 4. The van der Waals surface area contributed by atoms with E-state index in [1.54, 1.807) is 6.07 Å². The first-order chi connectivity index (χ1) is 10.4. The van der Waals surface area contributed by atoms with Crippen LogP contribution in [0.25, 0.3) is 11.0 Å². The lowest BCUT2D eigenvalue weighted by Crippen LogP contribution is -2.05. The van der Waals surface area contributed by atoms with E-state index in [1.807, 2.05) is 0 Å². The van der Waals surface area contributed by atoms with Gasteiger partial charge in [-0.1, -0.05) is 6.07 Å². The fraction of sp³-hybridized carbons (Fsp3) is 0.125. The van der Waals surface area contributed by atoms with Crippen molar-refractivity contribution in [2.45, 2.75) is 12.8 Å². The van der Waals surface area contributed by atoms with Gasteiger partial charge in [-0.05, 0) is 30.3 Å². The van der Waals surface area contributed by atoms with Gasteiger partial charge in [-0.2, -0.15) is 13.2 Å². The molecule has 2 nitrogen and oxygen atoms in total. The molecule has 0 radical (unpaired) electrons. The highest BCUT2D eigenvalue weighted by Gasteiger charge is 2.30. The van der Waals surface area contributed by atoms with Gasteiger partial charge in [0.2, 0.25) is 0 Å². The summed E-state index contributed by atoms with van der Waals surface area (Å²) >= 11 is 0. The van der Waals surface area contributed by atoms with Crippen molar-refractivity contribution in [2.24, 2.45) is 0 Å². The average Bonchev–Trinajstić information content (AvgIpc) is 2.86. The molecule has 0 fully saturated rings. The maximum atomic E-state index is 13.1. The third-order valence-corrected chi connectivity index (χ3v) is 3.17. The van der Waals surface area contributed by atoms with Gasteiger partial charge >= 0.3 is 6.18 Å². The molecule has 114 valence electrons. The molecule has 0 unspecified atom stereocenters. The molecule has 3 aromatic rings. The molecule has 3 rings (SSSR count). The van der Waals surface area contributed by atoms with Gasteiger partial charge in [0, 0.05) is 17.0 Å². The highest BCUT2D eigenvalue weighted by molar-refractivity contribution is 5.80. The van der Waals surface area contributed by atoms with Gasteiger partial charge in [0.15, 0.2) is 0 Å². The molecule has 1 aromatic heterocycles. The fourth-order valence-corrected chi connectivity index (χ4v) is 2.09. The molecule has 22 heavy (non-hydrogen) atoms. The van der Waals surface area contributed by atoms with Crippen molar-refractivity contribution in [3.63, 3.8) is 0 Å². The summed E-state index contributed by atoms with van der Waals surface area (Å²) in [5, 5.41) is 0.661. The summed E-state index contributed by atoms with van der Waals surface area (Å²) in [6.07, 6.45) is -3.02. The first-order valence-electron chi connectivity index (χ1n) is 6.39. The first kappa shape index (κ1) is 14.4. The third kappa shape index (κ3) is 2.90. The van der Waals surface area contributed by atoms with E-state index in [0.717, 1.165) is 12.1 Å². The molecule has 0 aliphatic carbocycles. The molecular weight excluding hydrogens is 300 g/mol. The monoisotopic (exact) mass is 310 g/mol. The maximum absolute atomic E-state index is 13.1. The van der Waals surface area contributed by atoms with E-state index >= 15 is 0 Å². The lowest BCUT2D eigenvalue weighted by molar-refractivity contribution is -0.137. The van der Waals surface area contributed by atoms with E-state index in [0.29, 0.717) is 16.5 Å². The lowest BCUT2D eigenvalue weighted by atomic mass is 10.2. The maximum Gasteiger partial charge on any atom is 0.416 e. The van der Waals surface area contributed by atoms with Gasteiger partial charge in [0.05, 0.1) is 11.8 Å². The Morgan fingerprint density at radius 3 is 2.64 bits per heavy atom. The number of benzene rings is 2. The van der Waals surface area contributed by atoms with Gasteiger partial charge in [-0.15, -0.1) is 0 Å². The zero-order chi connectivity index (χ0) is 15.7. The number of alkyl halides is 3. The first-order valence-corrected chi connectivity index (χ1v) is 6.39. The highest BCUT2D eigenvalue weighted by atomic mass is 19.4. The number of rotatable bonds is 3. The van der Waals surface area contributed by atoms with Crippen LogP contribution in [0.15, 0.2) is 53.1 Å². The molecule has 1 heterocycles. The Balaban J connectivity index is 1.80. The van der Waals surface area contributed by atoms with Crippen molar-refractivity contribution in [3.05, 3.63) is 65.7 Å². The van der Waals surface area contributed by atoms with E-state index < -0.39 is 17.6 Å². The summed E-state index contributed by atoms with van der Waals surface area (Å²) in [4.78, 5) is 0. The van der Waals surface area contributed by atoms with Crippen LogP contribution in [-0.2, 0) is 12.8 Å². The van der Waals surface area contributed by atoms with E-state index in [2.05, 4.69) is 0 Å². The molecule has 0 amide bonds. The Hall–Kier alpha value is -2.50. The van der Waals surface area contributed by atoms with Crippen molar-refractivity contribution in [1.82, 2.24) is 0 Å². The number of furan rings is 1. The van der Waals surface area contributed by atoms with Gasteiger partial charge in [-0.3, -0.25) is 0 Å². The standard InChI is InChI=1S/C16H10F4O2/c17-12-4-5-14-10(9-22-15(14)7-12)8-21-13-3-1-2-11(6-13)16(18,19)20/h1-7,9H,8H2. The second kappa shape index (κ2) is 5.36. The van der Waals surface area contributed by atoms with Crippen molar-refractivity contribution >= 4 is 11.0 Å². The van der Waals surface area contributed by atoms with Crippen molar-refractivity contribution in [1.29, 1.82) is 0 Å². The molecule has 0 N–H and O–H groups in total.